The molecule has 0 fully saturated rings. The fraction of sp³-hybridized carbons (Fsp3) is 0.267. The second-order valence-corrected chi connectivity index (χ2v) is 4.69. The van der Waals surface area contributed by atoms with Gasteiger partial charge in [-0.15, -0.1) is 0 Å². The van der Waals surface area contributed by atoms with Crippen LogP contribution in [-0.4, -0.2) is 21.0 Å². The minimum absolute atomic E-state index is 0.0885. The van der Waals surface area contributed by atoms with Crippen molar-refractivity contribution in [1.82, 2.24) is 9.97 Å². The van der Waals surface area contributed by atoms with Crippen molar-refractivity contribution in [2.75, 3.05) is 0 Å². The first kappa shape index (κ1) is 14.8. The Balaban J connectivity index is 2.15. The van der Waals surface area contributed by atoms with Crippen molar-refractivity contribution in [3.8, 4) is 11.8 Å². The lowest BCUT2D eigenvalue weighted by Crippen LogP contribution is -2.15. The first-order valence-electron chi connectivity index (χ1n) is 6.72. The molecule has 3 N–H and O–H groups in total. The van der Waals surface area contributed by atoms with Gasteiger partial charge in [0, 0.05) is 6.20 Å². The van der Waals surface area contributed by atoms with Crippen LogP contribution in [0.5, 0.6) is 11.8 Å². The zero-order chi connectivity index (χ0) is 15.2. The van der Waals surface area contributed by atoms with E-state index in [0.717, 1.165) is 6.42 Å². The molecule has 0 amide bonds. The Bertz CT molecular complexity index is 626. The van der Waals surface area contributed by atoms with Crippen LogP contribution in [0.15, 0.2) is 41.7 Å². The van der Waals surface area contributed by atoms with Crippen molar-refractivity contribution in [3.63, 3.8) is 0 Å². The molecule has 0 radical (unpaired) electrons. The predicted molar refractivity (Wildman–Crippen MR) is 79.8 cm³/mol. The van der Waals surface area contributed by atoms with Gasteiger partial charge in [-0.2, -0.15) is 4.98 Å². The molecule has 2 rings (SSSR count). The predicted octanol–water partition coefficient (Wildman–Crippen LogP) is 2.88. The smallest absolute Gasteiger partial charge is 0.322 e. The molecule has 0 saturated carbocycles. The monoisotopic (exact) mass is 286 g/mol. The Hall–Kier alpha value is -2.63. The molecule has 6 heteroatoms. The summed E-state index contributed by atoms with van der Waals surface area (Å²) >= 11 is 0. The second-order valence-electron chi connectivity index (χ2n) is 4.69. The summed E-state index contributed by atoms with van der Waals surface area (Å²) < 4.78 is 5.57. The highest BCUT2D eigenvalue weighted by atomic mass is 16.5. The van der Waals surface area contributed by atoms with Crippen LogP contribution in [0.1, 0.15) is 37.4 Å². The summed E-state index contributed by atoms with van der Waals surface area (Å²) in [4.78, 5) is 8.06. The molecule has 1 aromatic carbocycles. The van der Waals surface area contributed by atoms with Gasteiger partial charge >= 0.3 is 6.01 Å². The molecule has 1 unspecified atom stereocenters. The number of oxime groups is 1. The van der Waals surface area contributed by atoms with Gasteiger partial charge in [-0.05, 0) is 36.1 Å². The molecule has 0 bridgehead atoms. The number of nitrogens with two attached hydrogens (primary N) is 1. The molecular weight excluding hydrogens is 268 g/mol. The Morgan fingerprint density at radius 2 is 2.05 bits per heavy atom. The lowest BCUT2D eigenvalue weighted by Gasteiger charge is -2.10. The third-order valence-corrected chi connectivity index (χ3v) is 3.27. The molecule has 0 spiro atoms. The largest absolute Gasteiger partial charge is 0.424 e. The summed E-state index contributed by atoms with van der Waals surface area (Å²) in [5.74, 6) is 1.06. The molecule has 1 atom stereocenters. The van der Waals surface area contributed by atoms with E-state index in [9.17, 15) is 0 Å². The van der Waals surface area contributed by atoms with Gasteiger partial charge in [0.1, 0.15) is 11.4 Å². The molecule has 1 aromatic heterocycles. The molecule has 21 heavy (non-hydrogen) atoms. The topological polar surface area (TPSA) is 93.6 Å². The molecule has 6 nitrogen and oxygen atoms in total. The number of aromatic nitrogens is 2. The Kier molecular flexibility index (Phi) is 4.71. The fourth-order valence-corrected chi connectivity index (χ4v) is 1.79. The van der Waals surface area contributed by atoms with Crippen LogP contribution >= 0.6 is 0 Å². The zero-order valence-electron chi connectivity index (χ0n) is 12.0. The first-order valence-corrected chi connectivity index (χ1v) is 6.72. The van der Waals surface area contributed by atoms with Gasteiger partial charge in [-0.1, -0.05) is 31.1 Å². The van der Waals surface area contributed by atoms with Crippen molar-refractivity contribution in [3.05, 3.63) is 47.8 Å². The van der Waals surface area contributed by atoms with E-state index >= 15 is 0 Å². The fourth-order valence-electron chi connectivity index (χ4n) is 1.79. The number of ether oxygens (including phenoxy) is 1. The third kappa shape index (κ3) is 3.68. The maximum atomic E-state index is 8.64. The number of nitrogens with zero attached hydrogens (tertiary/aromatic N) is 3. The van der Waals surface area contributed by atoms with Crippen molar-refractivity contribution < 1.29 is 9.94 Å². The van der Waals surface area contributed by atoms with E-state index in [2.05, 4.69) is 29.0 Å². The maximum Gasteiger partial charge on any atom is 0.322 e. The van der Waals surface area contributed by atoms with E-state index in [-0.39, 0.29) is 11.8 Å². The van der Waals surface area contributed by atoms with E-state index in [1.54, 1.807) is 0 Å². The van der Waals surface area contributed by atoms with Crippen molar-refractivity contribution >= 4 is 5.84 Å². The van der Waals surface area contributed by atoms with E-state index < -0.39 is 0 Å². The van der Waals surface area contributed by atoms with Crippen molar-refractivity contribution in [1.29, 1.82) is 0 Å². The highest BCUT2D eigenvalue weighted by Crippen LogP contribution is 2.23. The average Bonchev–Trinajstić information content (AvgIpc) is 2.54. The average molecular weight is 286 g/mol. The number of hydrogen-bond donors (Lipinski definition) is 2. The highest BCUT2D eigenvalue weighted by Gasteiger charge is 2.07. The van der Waals surface area contributed by atoms with Crippen LogP contribution in [0.25, 0.3) is 0 Å². The van der Waals surface area contributed by atoms with E-state index in [4.69, 9.17) is 15.7 Å². The second kappa shape index (κ2) is 6.69. The Labute approximate surface area is 123 Å². The third-order valence-electron chi connectivity index (χ3n) is 3.27. The summed E-state index contributed by atoms with van der Waals surface area (Å²) in [6.07, 6.45) is 2.58. The quantitative estimate of drug-likeness (QED) is 0.381. The minimum atomic E-state index is -0.0885. The van der Waals surface area contributed by atoms with Crippen LogP contribution in [-0.2, 0) is 0 Å². The normalized spacial score (nSPS) is 13.0. The molecule has 2 aromatic rings. The summed E-state index contributed by atoms with van der Waals surface area (Å²) in [5, 5.41) is 11.5. The van der Waals surface area contributed by atoms with Crippen molar-refractivity contribution in [2.45, 2.75) is 26.2 Å². The number of benzene rings is 1. The SMILES string of the molecule is CCC(C)c1ccc(Oc2nccc(/C(N)=N/O)n2)cc1. The van der Waals surface area contributed by atoms with E-state index in [0.29, 0.717) is 17.4 Å². The van der Waals surface area contributed by atoms with Gasteiger partial charge in [0.15, 0.2) is 5.84 Å². The van der Waals surface area contributed by atoms with Crippen LogP contribution in [0.2, 0.25) is 0 Å². The molecule has 110 valence electrons. The summed E-state index contributed by atoms with van der Waals surface area (Å²) in [7, 11) is 0. The van der Waals surface area contributed by atoms with Gasteiger partial charge in [0.05, 0.1) is 0 Å². The molecule has 0 aliphatic carbocycles. The number of rotatable bonds is 5. The van der Waals surface area contributed by atoms with E-state index in [1.807, 2.05) is 24.3 Å². The van der Waals surface area contributed by atoms with Crippen LogP contribution in [0.3, 0.4) is 0 Å². The summed E-state index contributed by atoms with van der Waals surface area (Å²) in [6.45, 7) is 4.33. The zero-order valence-corrected chi connectivity index (χ0v) is 12.0. The van der Waals surface area contributed by atoms with Gasteiger partial charge in [0.25, 0.3) is 0 Å². The Morgan fingerprint density at radius 3 is 2.67 bits per heavy atom. The number of amidine groups is 1. The van der Waals surface area contributed by atoms with Gasteiger partial charge in [-0.25, -0.2) is 4.98 Å². The summed E-state index contributed by atoms with van der Waals surface area (Å²) in [6, 6.07) is 9.49. The van der Waals surface area contributed by atoms with Gasteiger partial charge in [-0.3, -0.25) is 0 Å². The van der Waals surface area contributed by atoms with E-state index in [1.165, 1.54) is 17.8 Å². The number of hydrogen-bond acceptors (Lipinski definition) is 5. The van der Waals surface area contributed by atoms with Crippen LogP contribution in [0.4, 0.5) is 0 Å². The maximum absolute atomic E-state index is 8.64. The summed E-state index contributed by atoms with van der Waals surface area (Å²) in [5.41, 5.74) is 7.04. The van der Waals surface area contributed by atoms with Gasteiger partial charge in [0.2, 0.25) is 0 Å². The lowest BCUT2D eigenvalue weighted by molar-refractivity contribution is 0.318. The van der Waals surface area contributed by atoms with Crippen LogP contribution in [0, 0.1) is 0 Å². The Morgan fingerprint density at radius 1 is 1.33 bits per heavy atom. The van der Waals surface area contributed by atoms with Crippen molar-refractivity contribution in [2.24, 2.45) is 10.9 Å². The van der Waals surface area contributed by atoms with Crippen LogP contribution < -0.4 is 10.5 Å². The first-order chi connectivity index (χ1) is 10.1. The minimum Gasteiger partial charge on any atom is -0.424 e. The standard InChI is InChI=1S/C15H18N4O2/c1-3-10(2)11-4-6-12(7-5-11)21-15-17-9-8-13(18-15)14(16)19-20/h4-10,20H,3H2,1-2H3,(H2,16,19). The molecule has 0 saturated heterocycles. The lowest BCUT2D eigenvalue weighted by atomic mass is 9.99. The highest BCUT2D eigenvalue weighted by molar-refractivity contribution is 5.95. The molecule has 0 aliphatic rings. The van der Waals surface area contributed by atoms with Gasteiger partial charge < -0.3 is 15.7 Å². The molecule has 0 aliphatic heterocycles. The molecular formula is C15H18N4O2. The molecule has 1 heterocycles.